The molecule has 1 unspecified atom stereocenters. The number of aryl methyl sites for hydroxylation is 1. The number of halogens is 1. The van der Waals surface area contributed by atoms with Crippen LogP contribution >= 0.6 is 39.5 Å². The van der Waals surface area contributed by atoms with Gasteiger partial charge in [-0.15, -0.1) is 11.3 Å². The van der Waals surface area contributed by atoms with Gasteiger partial charge in [0.25, 0.3) is 0 Å². The molecule has 0 aliphatic carbocycles. The minimum atomic E-state index is -0.320. The van der Waals surface area contributed by atoms with Crippen LogP contribution in [0.4, 0.5) is 0 Å². The lowest BCUT2D eigenvalue weighted by molar-refractivity contribution is -0.917. The van der Waals surface area contributed by atoms with E-state index in [-0.39, 0.29) is 12.3 Å². The van der Waals surface area contributed by atoms with E-state index in [1.807, 2.05) is 16.2 Å². The summed E-state index contributed by atoms with van der Waals surface area (Å²) in [7, 11) is 2.11. The maximum Gasteiger partial charge on any atom is 0.217 e. The van der Waals surface area contributed by atoms with Crippen LogP contribution in [0.2, 0.25) is 0 Å². The van der Waals surface area contributed by atoms with Crippen LogP contribution in [0, 0.1) is 4.77 Å². The highest BCUT2D eigenvalue weighted by Crippen LogP contribution is 2.21. The molecule has 23 heavy (non-hydrogen) atoms. The van der Waals surface area contributed by atoms with E-state index in [4.69, 9.17) is 18.0 Å². The van der Waals surface area contributed by atoms with Crippen molar-refractivity contribution in [2.75, 3.05) is 7.05 Å². The van der Waals surface area contributed by atoms with Gasteiger partial charge in [-0.2, -0.15) is 9.78 Å². The van der Waals surface area contributed by atoms with Crippen molar-refractivity contribution >= 4 is 45.4 Å². The normalized spacial score (nSPS) is 12.5. The SMILES string of the molecule is CCn1c(CCC(N)=O)nn(C[NH+](C)Cc2ccc(Br)s2)c1=S. The zero-order valence-corrected chi connectivity index (χ0v) is 16.4. The molecule has 1 atom stereocenters. The molecule has 0 radical (unpaired) electrons. The standard InChI is InChI=1S/C14H20BrN5OS2/c1-3-19-13(7-6-12(16)21)17-20(14(19)22)9-18(2)8-10-4-5-11(15)23-10/h4-5H,3,6-9H2,1-2H3,(H2,16,21)/p+1. The van der Waals surface area contributed by atoms with Crippen molar-refractivity contribution in [2.24, 2.45) is 5.73 Å². The summed E-state index contributed by atoms with van der Waals surface area (Å²) in [6.07, 6.45) is 0.814. The molecule has 6 nitrogen and oxygen atoms in total. The molecule has 1 amide bonds. The van der Waals surface area contributed by atoms with E-state index in [9.17, 15) is 4.79 Å². The number of hydrogen-bond donors (Lipinski definition) is 2. The van der Waals surface area contributed by atoms with Crippen LogP contribution < -0.4 is 10.6 Å². The van der Waals surface area contributed by atoms with E-state index in [1.165, 1.54) is 9.78 Å². The maximum absolute atomic E-state index is 11.0. The maximum atomic E-state index is 11.0. The summed E-state index contributed by atoms with van der Waals surface area (Å²) in [6.45, 7) is 4.36. The Kier molecular flexibility index (Phi) is 6.51. The molecule has 0 aliphatic heterocycles. The molecule has 0 saturated carbocycles. The van der Waals surface area contributed by atoms with Crippen molar-refractivity contribution in [1.29, 1.82) is 0 Å². The van der Waals surface area contributed by atoms with Gasteiger partial charge in [0.1, 0.15) is 12.4 Å². The highest BCUT2D eigenvalue weighted by molar-refractivity contribution is 9.11. The van der Waals surface area contributed by atoms with Crippen molar-refractivity contribution in [3.8, 4) is 0 Å². The third-order valence-electron chi connectivity index (χ3n) is 3.44. The molecule has 9 heteroatoms. The van der Waals surface area contributed by atoms with Gasteiger partial charge in [-0.3, -0.25) is 4.79 Å². The van der Waals surface area contributed by atoms with Gasteiger partial charge in [0.15, 0.2) is 6.67 Å². The molecular weight excluding hydrogens is 398 g/mol. The highest BCUT2D eigenvalue weighted by atomic mass is 79.9. The Morgan fingerprint density at radius 3 is 2.83 bits per heavy atom. The second-order valence-corrected chi connectivity index (χ2v) is 8.32. The van der Waals surface area contributed by atoms with Crippen LogP contribution in [0.3, 0.4) is 0 Å². The van der Waals surface area contributed by atoms with Crippen LogP contribution in [0.25, 0.3) is 0 Å². The van der Waals surface area contributed by atoms with Crippen LogP contribution in [0.1, 0.15) is 24.0 Å². The second-order valence-electron chi connectivity index (χ2n) is 5.41. The topological polar surface area (TPSA) is 70.3 Å². The molecule has 0 bridgehead atoms. The molecular formula is C14H21BrN5OS2+. The Morgan fingerprint density at radius 2 is 2.26 bits per heavy atom. The number of nitrogens with zero attached hydrogens (tertiary/aromatic N) is 3. The number of carbonyl (C=O) groups is 1. The van der Waals surface area contributed by atoms with Gasteiger partial charge < -0.3 is 15.2 Å². The number of carbonyl (C=O) groups excluding carboxylic acids is 1. The number of hydrogen-bond acceptors (Lipinski definition) is 4. The largest absolute Gasteiger partial charge is 0.370 e. The fraction of sp³-hybridized carbons (Fsp3) is 0.500. The predicted octanol–water partition coefficient (Wildman–Crippen LogP) is 1.35. The molecule has 0 aromatic carbocycles. The monoisotopic (exact) mass is 418 g/mol. The first kappa shape index (κ1) is 18.3. The van der Waals surface area contributed by atoms with Crippen LogP contribution in [0.5, 0.6) is 0 Å². The summed E-state index contributed by atoms with van der Waals surface area (Å²) in [5, 5.41) is 4.58. The fourth-order valence-corrected chi connectivity index (χ4v) is 4.32. The summed E-state index contributed by atoms with van der Waals surface area (Å²) in [5.74, 6) is 0.502. The predicted molar refractivity (Wildman–Crippen MR) is 96.9 cm³/mol. The molecule has 2 rings (SSSR count). The molecule has 0 spiro atoms. The lowest BCUT2D eigenvalue weighted by Gasteiger charge is -2.12. The van der Waals surface area contributed by atoms with Crippen LogP contribution in [-0.4, -0.2) is 27.3 Å². The Bertz CT molecular complexity index is 736. The number of quaternary nitrogens is 1. The first-order valence-corrected chi connectivity index (χ1v) is 9.42. The second kappa shape index (κ2) is 8.18. The number of nitrogens with one attached hydrogen (secondary N) is 1. The fourth-order valence-electron chi connectivity index (χ4n) is 2.38. The van der Waals surface area contributed by atoms with Gasteiger partial charge in [-0.1, -0.05) is 0 Å². The number of amides is 1. The summed E-state index contributed by atoms with van der Waals surface area (Å²) >= 11 is 10.7. The first-order chi connectivity index (χ1) is 10.9. The first-order valence-electron chi connectivity index (χ1n) is 7.41. The summed E-state index contributed by atoms with van der Waals surface area (Å²) in [5.41, 5.74) is 5.23. The zero-order valence-electron chi connectivity index (χ0n) is 13.2. The Hall–Kier alpha value is -1.03. The number of primary amides is 1. The third kappa shape index (κ3) is 4.97. The van der Waals surface area contributed by atoms with Gasteiger partial charge in [-0.25, -0.2) is 0 Å². The van der Waals surface area contributed by atoms with Crippen LogP contribution in [-0.2, 0) is 31.0 Å². The molecule has 2 heterocycles. The van der Waals surface area contributed by atoms with E-state index in [2.05, 4.69) is 40.2 Å². The lowest BCUT2D eigenvalue weighted by atomic mass is 10.3. The van der Waals surface area contributed by atoms with Crippen LogP contribution in [0.15, 0.2) is 15.9 Å². The molecule has 2 aromatic heterocycles. The van der Waals surface area contributed by atoms with Gasteiger partial charge >= 0.3 is 0 Å². The smallest absolute Gasteiger partial charge is 0.217 e. The summed E-state index contributed by atoms with van der Waals surface area (Å²) < 4.78 is 5.64. The van der Waals surface area contributed by atoms with Gasteiger partial charge in [0.2, 0.25) is 10.7 Å². The van der Waals surface area contributed by atoms with E-state index in [0.29, 0.717) is 17.9 Å². The molecule has 0 fully saturated rings. The van der Waals surface area contributed by atoms with Crippen molar-refractivity contribution in [1.82, 2.24) is 14.3 Å². The van der Waals surface area contributed by atoms with E-state index in [0.717, 1.165) is 22.7 Å². The van der Waals surface area contributed by atoms with Gasteiger partial charge in [-0.05, 0) is 47.2 Å². The Labute approximate surface area is 153 Å². The number of aromatic nitrogens is 3. The molecule has 3 N–H and O–H groups in total. The van der Waals surface area contributed by atoms with Crippen molar-refractivity contribution < 1.29 is 9.69 Å². The Morgan fingerprint density at radius 1 is 1.52 bits per heavy atom. The van der Waals surface area contributed by atoms with Crippen molar-refractivity contribution in [3.63, 3.8) is 0 Å². The molecule has 0 saturated heterocycles. The quantitative estimate of drug-likeness (QED) is 0.635. The summed E-state index contributed by atoms with van der Waals surface area (Å²) in [6, 6.07) is 4.19. The number of rotatable bonds is 8. The number of thiophene rings is 1. The molecule has 126 valence electrons. The minimum absolute atomic E-state index is 0.289. The molecule has 2 aromatic rings. The van der Waals surface area contributed by atoms with E-state index in [1.54, 1.807) is 11.3 Å². The lowest BCUT2D eigenvalue weighted by Crippen LogP contribution is -3.06. The summed E-state index contributed by atoms with van der Waals surface area (Å²) in [4.78, 5) is 13.6. The van der Waals surface area contributed by atoms with E-state index < -0.39 is 0 Å². The average Bonchev–Trinajstić information content (AvgIpc) is 3.01. The van der Waals surface area contributed by atoms with Crippen molar-refractivity contribution in [2.45, 2.75) is 39.5 Å². The van der Waals surface area contributed by atoms with Crippen molar-refractivity contribution in [3.05, 3.63) is 31.4 Å². The average molecular weight is 419 g/mol. The minimum Gasteiger partial charge on any atom is -0.370 e. The van der Waals surface area contributed by atoms with E-state index >= 15 is 0 Å². The zero-order chi connectivity index (χ0) is 17.0. The third-order valence-corrected chi connectivity index (χ3v) is 5.49. The highest BCUT2D eigenvalue weighted by Gasteiger charge is 2.14. The number of nitrogens with two attached hydrogens (primary N) is 1. The Balaban J connectivity index is 2.09. The van der Waals surface area contributed by atoms with Gasteiger partial charge in [0.05, 0.1) is 15.7 Å². The molecule has 0 aliphatic rings. The van der Waals surface area contributed by atoms with Gasteiger partial charge in [0, 0.05) is 19.4 Å².